The summed E-state index contributed by atoms with van der Waals surface area (Å²) in [6.45, 7) is 1.87. The quantitative estimate of drug-likeness (QED) is 0.807. The van der Waals surface area contributed by atoms with Crippen molar-refractivity contribution in [2.75, 3.05) is 0 Å². The van der Waals surface area contributed by atoms with Crippen LogP contribution in [0.3, 0.4) is 0 Å². The molecule has 0 saturated heterocycles. The zero-order valence-electron chi connectivity index (χ0n) is 7.40. The van der Waals surface area contributed by atoms with Crippen molar-refractivity contribution in [1.82, 2.24) is 0 Å². The molecule has 70 valence electrons. The van der Waals surface area contributed by atoms with Gasteiger partial charge < -0.3 is 5.73 Å². The van der Waals surface area contributed by atoms with Gasteiger partial charge in [0.25, 0.3) is 0 Å². The highest BCUT2D eigenvalue weighted by Gasteiger charge is 2.42. The Labute approximate surface area is 85.3 Å². The van der Waals surface area contributed by atoms with Gasteiger partial charge >= 0.3 is 0 Å². The molecule has 1 fully saturated rings. The average molecular weight is 244 g/mol. The van der Waals surface area contributed by atoms with E-state index in [0.29, 0.717) is 5.56 Å². The Bertz CT molecular complexity index is 358. The molecule has 0 atom stereocenters. The lowest BCUT2D eigenvalue weighted by molar-refractivity contribution is 0.576. The van der Waals surface area contributed by atoms with Crippen molar-refractivity contribution < 1.29 is 4.39 Å². The van der Waals surface area contributed by atoms with Gasteiger partial charge in [-0.15, -0.1) is 0 Å². The molecule has 0 aromatic heterocycles. The number of aryl methyl sites for hydroxylation is 1. The predicted octanol–water partition coefficient (Wildman–Crippen LogP) is 2.84. The third-order valence-corrected chi connectivity index (χ3v) is 3.43. The summed E-state index contributed by atoms with van der Waals surface area (Å²) in [5.74, 6) is -0.180. The maximum absolute atomic E-state index is 13.5. The molecule has 1 aromatic rings. The van der Waals surface area contributed by atoms with Gasteiger partial charge in [0, 0.05) is 15.6 Å². The molecule has 0 heterocycles. The van der Waals surface area contributed by atoms with E-state index in [4.69, 9.17) is 5.73 Å². The van der Waals surface area contributed by atoms with E-state index in [2.05, 4.69) is 15.9 Å². The smallest absolute Gasteiger partial charge is 0.128 e. The number of rotatable bonds is 1. The highest BCUT2D eigenvalue weighted by Crippen LogP contribution is 2.44. The van der Waals surface area contributed by atoms with Crippen molar-refractivity contribution in [1.29, 1.82) is 0 Å². The Morgan fingerprint density at radius 2 is 2.08 bits per heavy atom. The first-order chi connectivity index (χ1) is 6.03. The molecule has 2 rings (SSSR count). The maximum atomic E-state index is 13.5. The summed E-state index contributed by atoms with van der Waals surface area (Å²) in [5.41, 5.74) is 7.09. The van der Waals surface area contributed by atoms with Gasteiger partial charge in [0.15, 0.2) is 0 Å². The van der Waals surface area contributed by atoms with E-state index >= 15 is 0 Å². The summed E-state index contributed by atoms with van der Waals surface area (Å²) in [7, 11) is 0. The first-order valence-electron chi connectivity index (χ1n) is 4.28. The van der Waals surface area contributed by atoms with E-state index in [0.717, 1.165) is 22.9 Å². The first kappa shape index (κ1) is 9.16. The van der Waals surface area contributed by atoms with Gasteiger partial charge in [-0.25, -0.2) is 4.39 Å². The van der Waals surface area contributed by atoms with Crippen molar-refractivity contribution in [3.63, 3.8) is 0 Å². The molecule has 0 unspecified atom stereocenters. The fourth-order valence-corrected chi connectivity index (χ4v) is 1.78. The van der Waals surface area contributed by atoms with Gasteiger partial charge in [-0.1, -0.05) is 15.9 Å². The molecule has 1 aliphatic carbocycles. The van der Waals surface area contributed by atoms with Crippen LogP contribution in [-0.4, -0.2) is 0 Å². The zero-order chi connectivity index (χ0) is 9.64. The minimum absolute atomic E-state index is 0.180. The van der Waals surface area contributed by atoms with Crippen molar-refractivity contribution in [3.05, 3.63) is 33.5 Å². The van der Waals surface area contributed by atoms with E-state index in [1.165, 1.54) is 6.07 Å². The fraction of sp³-hybridized carbons (Fsp3) is 0.400. The molecule has 0 aliphatic heterocycles. The molecule has 0 bridgehead atoms. The Hall–Kier alpha value is -0.410. The monoisotopic (exact) mass is 243 g/mol. The second-order valence-electron chi connectivity index (χ2n) is 3.74. The van der Waals surface area contributed by atoms with Gasteiger partial charge in [-0.3, -0.25) is 0 Å². The second-order valence-corrected chi connectivity index (χ2v) is 4.59. The molecule has 1 aliphatic rings. The number of nitrogens with two attached hydrogens (primary N) is 1. The SMILES string of the molecule is Cc1cc(F)c(C2(N)CC2)cc1Br. The van der Waals surface area contributed by atoms with E-state index in [9.17, 15) is 4.39 Å². The molecule has 13 heavy (non-hydrogen) atoms. The Morgan fingerprint density at radius 1 is 1.46 bits per heavy atom. The second kappa shape index (κ2) is 2.79. The maximum Gasteiger partial charge on any atom is 0.128 e. The molecule has 1 nitrogen and oxygen atoms in total. The Balaban J connectivity index is 2.52. The summed E-state index contributed by atoms with van der Waals surface area (Å²) < 4.78 is 14.4. The fourth-order valence-electron chi connectivity index (χ4n) is 1.43. The van der Waals surface area contributed by atoms with Crippen molar-refractivity contribution in [3.8, 4) is 0 Å². The van der Waals surface area contributed by atoms with Crippen LogP contribution in [0.15, 0.2) is 16.6 Å². The third kappa shape index (κ3) is 1.51. The number of benzene rings is 1. The van der Waals surface area contributed by atoms with Crippen LogP contribution in [0.25, 0.3) is 0 Å². The normalized spacial score (nSPS) is 18.8. The van der Waals surface area contributed by atoms with Crippen molar-refractivity contribution in [2.24, 2.45) is 5.73 Å². The van der Waals surface area contributed by atoms with E-state index in [-0.39, 0.29) is 11.4 Å². The molecular weight excluding hydrogens is 233 g/mol. The Morgan fingerprint density at radius 3 is 2.62 bits per heavy atom. The van der Waals surface area contributed by atoms with Gasteiger partial charge in [-0.2, -0.15) is 0 Å². The lowest BCUT2D eigenvalue weighted by atomic mass is 10.0. The highest BCUT2D eigenvalue weighted by molar-refractivity contribution is 9.10. The molecule has 1 saturated carbocycles. The highest BCUT2D eigenvalue weighted by atomic mass is 79.9. The van der Waals surface area contributed by atoms with Crippen LogP contribution in [0.4, 0.5) is 4.39 Å². The number of hydrogen-bond acceptors (Lipinski definition) is 1. The van der Waals surface area contributed by atoms with Gasteiger partial charge in [0.1, 0.15) is 5.82 Å². The molecule has 2 N–H and O–H groups in total. The summed E-state index contributed by atoms with van der Waals surface area (Å²) in [4.78, 5) is 0. The summed E-state index contributed by atoms with van der Waals surface area (Å²) >= 11 is 3.38. The molecule has 3 heteroatoms. The van der Waals surface area contributed by atoms with Crippen LogP contribution < -0.4 is 5.73 Å². The standard InChI is InChI=1S/C10H11BrFN/c1-6-4-9(12)7(5-8(6)11)10(13)2-3-10/h4-5H,2-3,13H2,1H3. The topological polar surface area (TPSA) is 26.0 Å². The van der Waals surface area contributed by atoms with Crippen LogP contribution in [0, 0.1) is 12.7 Å². The summed E-state index contributed by atoms with van der Waals surface area (Å²) in [6, 6.07) is 3.34. The van der Waals surface area contributed by atoms with Crippen molar-refractivity contribution >= 4 is 15.9 Å². The zero-order valence-corrected chi connectivity index (χ0v) is 8.99. The van der Waals surface area contributed by atoms with Crippen molar-refractivity contribution in [2.45, 2.75) is 25.3 Å². The van der Waals surface area contributed by atoms with Gasteiger partial charge in [-0.05, 0) is 37.5 Å². The molecular formula is C10H11BrFN. The largest absolute Gasteiger partial charge is 0.321 e. The summed E-state index contributed by atoms with van der Waals surface area (Å²) in [5, 5.41) is 0. The molecule has 0 radical (unpaired) electrons. The number of halogens is 2. The van der Waals surface area contributed by atoms with Crippen LogP contribution in [-0.2, 0) is 5.54 Å². The van der Waals surface area contributed by atoms with E-state index < -0.39 is 0 Å². The lowest BCUT2D eigenvalue weighted by Crippen LogP contribution is -2.20. The van der Waals surface area contributed by atoms with Crippen LogP contribution in [0.2, 0.25) is 0 Å². The van der Waals surface area contributed by atoms with Gasteiger partial charge in [0.2, 0.25) is 0 Å². The average Bonchev–Trinajstić information content (AvgIpc) is 2.77. The van der Waals surface area contributed by atoms with Crippen LogP contribution in [0.5, 0.6) is 0 Å². The molecule has 0 spiro atoms. The van der Waals surface area contributed by atoms with E-state index in [1.807, 2.05) is 6.92 Å². The Kier molecular flexibility index (Phi) is 1.96. The molecule has 1 aromatic carbocycles. The minimum atomic E-state index is -0.389. The van der Waals surface area contributed by atoms with Crippen LogP contribution >= 0.6 is 15.9 Å². The minimum Gasteiger partial charge on any atom is -0.321 e. The summed E-state index contributed by atoms with van der Waals surface area (Å²) in [6.07, 6.45) is 1.78. The lowest BCUT2D eigenvalue weighted by Gasteiger charge is -2.12. The third-order valence-electron chi connectivity index (χ3n) is 2.57. The van der Waals surface area contributed by atoms with E-state index in [1.54, 1.807) is 6.07 Å². The number of hydrogen-bond donors (Lipinski definition) is 1. The van der Waals surface area contributed by atoms with Gasteiger partial charge in [0.05, 0.1) is 0 Å². The molecule has 0 amide bonds. The predicted molar refractivity (Wildman–Crippen MR) is 53.9 cm³/mol. The first-order valence-corrected chi connectivity index (χ1v) is 5.07. The van der Waals surface area contributed by atoms with Crippen LogP contribution in [0.1, 0.15) is 24.0 Å².